The van der Waals surface area contributed by atoms with Gasteiger partial charge in [-0.1, -0.05) is 12.2 Å². The zero-order valence-electron chi connectivity index (χ0n) is 11.7. The Morgan fingerprint density at radius 3 is 2.60 bits per heavy atom. The maximum atomic E-state index is 12.4. The minimum Gasteiger partial charge on any atom is -0.481 e. The van der Waals surface area contributed by atoms with Crippen molar-refractivity contribution in [1.82, 2.24) is 14.7 Å². The van der Waals surface area contributed by atoms with E-state index < -0.39 is 17.8 Å². The smallest absolute Gasteiger partial charge is 0.307 e. The van der Waals surface area contributed by atoms with Crippen molar-refractivity contribution in [1.29, 1.82) is 0 Å². The number of hydrogen-bond acceptors (Lipinski definition) is 3. The molecule has 2 unspecified atom stereocenters. The van der Waals surface area contributed by atoms with E-state index in [9.17, 15) is 14.7 Å². The molecule has 0 bridgehead atoms. The number of aliphatic carboxylic acids is 1. The third-order valence-corrected chi connectivity index (χ3v) is 3.76. The van der Waals surface area contributed by atoms with Gasteiger partial charge in [-0.3, -0.25) is 14.3 Å². The topological polar surface area (TPSA) is 75.4 Å². The number of carbonyl (C=O) groups is 2. The number of allylic oxidation sites excluding steroid dienone is 2. The number of carbonyl (C=O) groups excluding carboxylic acids is 1. The summed E-state index contributed by atoms with van der Waals surface area (Å²) in [5.41, 5.74) is 0.916. The molecule has 1 aliphatic rings. The molecule has 2 rings (SSSR count). The molecule has 0 aromatic carbocycles. The number of hydrogen-bond donors (Lipinski definition) is 1. The van der Waals surface area contributed by atoms with Crippen molar-refractivity contribution in [2.75, 3.05) is 7.05 Å². The second kappa shape index (κ2) is 5.90. The van der Waals surface area contributed by atoms with E-state index in [1.807, 2.05) is 25.3 Å². The maximum Gasteiger partial charge on any atom is 0.307 e. The van der Waals surface area contributed by atoms with E-state index >= 15 is 0 Å². The van der Waals surface area contributed by atoms with Crippen molar-refractivity contribution in [2.24, 2.45) is 18.9 Å². The van der Waals surface area contributed by atoms with Gasteiger partial charge in [0.1, 0.15) is 0 Å². The Kier molecular flexibility index (Phi) is 4.22. The van der Waals surface area contributed by atoms with E-state index in [-0.39, 0.29) is 5.91 Å². The summed E-state index contributed by atoms with van der Waals surface area (Å²) >= 11 is 0. The van der Waals surface area contributed by atoms with Crippen molar-refractivity contribution >= 4 is 11.9 Å². The lowest BCUT2D eigenvalue weighted by atomic mass is 9.82. The van der Waals surface area contributed by atoms with Crippen LogP contribution in [0.2, 0.25) is 0 Å². The fourth-order valence-corrected chi connectivity index (χ4v) is 2.52. The van der Waals surface area contributed by atoms with Crippen LogP contribution in [0.25, 0.3) is 0 Å². The SMILES string of the molecule is CN(Cc1ccnn1C)C(=O)C1CC=CCC1C(=O)O. The summed E-state index contributed by atoms with van der Waals surface area (Å²) in [7, 11) is 3.52. The molecule has 0 saturated heterocycles. The first kappa shape index (κ1) is 14.3. The maximum absolute atomic E-state index is 12.4. The molecule has 0 fully saturated rings. The monoisotopic (exact) mass is 277 g/mol. The lowest BCUT2D eigenvalue weighted by molar-refractivity contribution is -0.150. The van der Waals surface area contributed by atoms with Crippen LogP contribution in [-0.2, 0) is 23.2 Å². The lowest BCUT2D eigenvalue weighted by Crippen LogP contribution is -2.39. The first-order valence-electron chi connectivity index (χ1n) is 6.60. The molecule has 0 radical (unpaired) electrons. The van der Waals surface area contributed by atoms with Gasteiger partial charge in [-0.25, -0.2) is 0 Å². The zero-order valence-corrected chi connectivity index (χ0v) is 11.7. The summed E-state index contributed by atoms with van der Waals surface area (Å²) in [4.78, 5) is 25.3. The number of amides is 1. The van der Waals surface area contributed by atoms with Gasteiger partial charge in [-0.2, -0.15) is 5.10 Å². The van der Waals surface area contributed by atoms with Gasteiger partial charge in [-0.05, 0) is 18.9 Å². The van der Waals surface area contributed by atoms with E-state index in [1.54, 1.807) is 22.8 Å². The quantitative estimate of drug-likeness (QED) is 0.835. The highest BCUT2D eigenvalue weighted by atomic mass is 16.4. The Labute approximate surface area is 117 Å². The van der Waals surface area contributed by atoms with Gasteiger partial charge in [0.2, 0.25) is 5.91 Å². The molecule has 1 aliphatic carbocycles. The lowest BCUT2D eigenvalue weighted by Gasteiger charge is -2.28. The number of nitrogens with zero attached hydrogens (tertiary/aromatic N) is 3. The molecule has 1 amide bonds. The number of carboxylic acids is 1. The molecule has 2 atom stereocenters. The molecule has 6 heteroatoms. The fraction of sp³-hybridized carbons (Fsp3) is 0.500. The Morgan fingerprint density at radius 1 is 1.40 bits per heavy atom. The summed E-state index contributed by atoms with van der Waals surface area (Å²) in [6, 6.07) is 1.85. The molecule has 1 aromatic rings. The predicted octanol–water partition coefficient (Wildman–Crippen LogP) is 1.05. The third-order valence-electron chi connectivity index (χ3n) is 3.76. The summed E-state index contributed by atoms with van der Waals surface area (Å²) in [6.45, 7) is 0.432. The molecule has 1 heterocycles. The third kappa shape index (κ3) is 2.89. The molecular weight excluding hydrogens is 258 g/mol. The molecule has 1 N–H and O–H groups in total. The van der Waals surface area contributed by atoms with Crippen LogP contribution >= 0.6 is 0 Å². The Balaban J connectivity index is 2.07. The summed E-state index contributed by atoms with van der Waals surface area (Å²) < 4.78 is 1.71. The highest BCUT2D eigenvalue weighted by Gasteiger charge is 2.35. The van der Waals surface area contributed by atoms with Gasteiger partial charge in [-0.15, -0.1) is 0 Å². The van der Waals surface area contributed by atoms with E-state index in [0.717, 1.165) is 5.69 Å². The van der Waals surface area contributed by atoms with Crippen molar-refractivity contribution < 1.29 is 14.7 Å². The Morgan fingerprint density at radius 2 is 2.05 bits per heavy atom. The second-order valence-corrected chi connectivity index (χ2v) is 5.13. The molecule has 0 aliphatic heterocycles. The molecule has 20 heavy (non-hydrogen) atoms. The number of carboxylic acid groups (broad SMARTS) is 1. The minimum atomic E-state index is -0.901. The Hall–Kier alpha value is -2.11. The van der Waals surface area contributed by atoms with E-state index in [2.05, 4.69) is 5.10 Å². The molecular formula is C14H19N3O3. The minimum absolute atomic E-state index is 0.122. The molecule has 6 nitrogen and oxygen atoms in total. The average molecular weight is 277 g/mol. The highest BCUT2D eigenvalue weighted by molar-refractivity contribution is 5.85. The van der Waals surface area contributed by atoms with Gasteiger partial charge in [0.25, 0.3) is 0 Å². The van der Waals surface area contributed by atoms with Gasteiger partial charge in [0.05, 0.1) is 24.1 Å². The van der Waals surface area contributed by atoms with Crippen molar-refractivity contribution in [3.8, 4) is 0 Å². The number of rotatable bonds is 4. The molecule has 108 valence electrons. The molecule has 0 spiro atoms. The van der Waals surface area contributed by atoms with Gasteiger partial charge < -0.3 is 10.0 Å². The van der Waals surface area contributed by atoms with E-state index in [4.69, 9.17) is 0 Å². The standard InChI is InChI=1S/C14H19N3O3/c1-16(9-10-7-8-15-17(10)2)13(18)11-5-3-4-6-12(11)14(19)20/h3-4,7-8,11-12H,5-6,9H2,1-2H3,(H,19,20). The largest absolute Gasteiger partial charge is 0.481 e. The van der Waals surface area contributed by atoms with Crippen LogP contribution in [0.3, 0.4) is 0 Å². The Bertz CT molecular complexity index is 536. The molecule has 0 saturated carbocycles. The van der Waals surface area contributed by atoms with Crippen LogP contribution in [0.1, 0.15) is 18.5 Å². The summed E-state index contributed by atoms with van der Waals surface area (Å²) in [5.74, 6) is -2.12. The predicted molar refractivity (Wildman–Crippen MR) is 72.7 cm³/mol. The number of aromatic nitrogens is 2. The van der Waals surface area contributed by atoms with Crippen LogP contribution in [0.15, 0.2) is 24.4 Å². The van der Waals surface area contributed by atoms with Crippen LogP contribution in [0, 0.1) is 11.8 Å². The highest BCUT2D eigenvalue weighted by Crippen LogP contribution is 2.27. The van der Waals surface area contributed by atoms with Crippen LogP contribution < -0.4 is 0 Å². The number of aryl methyl sites for hydroxylation is 1. The van der Waals surface area contributed by atoms with Crippen molar-refractivity contribution in [3.05, 3.63) is 30.1 Å². The second-order valence-electron chi connectivity index (χ2n) is 5.13. The molecule has 1 aromatic heterocycles. The van der Waals surface area contributed by atoms with Crippen LogP contribution in [0.5, 0.6) is 0 Å². The fourth-order valence-electron chi connectivity index (χ4n) is 2.52. The van der Waals surface area contributed by atoms with E-state index in [0.29, 0.717) is 19.4 Å². The van der Waals surface area contributed by atoms with Crippen molar-refractivity contribution in [2.45, 2.75) is 19.4 Å². The average Bonchev–Trinajstić information content (AvgIpc) is 2.83. The van der Waals surface area contributed by atoms with Gasteiger partial charge >= 0.3 is 5.97 Å². The summed E-state index contributed by atoms with van der Waals surface area (Å²) in [5, 5.41) is 13.3. The van der Waals surface area contributed by atoms with Gasteiger partial charge in [0.15, 0.2) is 0 Å². The van der Waals surface area contributed by atoms with Gasteiger partial charge in [0, 0.05) is 20.3 Å². The van der Waals surface area contributed by atoms with Crippen molar-refractivity contribution in [3.63, 3.8) is 0 Å². The first-order chi connectivity index (χ1) is 9.50. The zero-order chi connectivity index (χ0) is 14.7. The van der Waals surface area contributed by atoms with Crippen LogP contribution in [0.4, 0.5) is 0 Å². The first-order valence-corrected chi connectivity index (χ1v) is 6.60. The van der Waals surface area contributed by atoms with E-state index in [1.165, 1.54) is 0 Å². The van der Waals surface area contributed by atoms with Crippen LogP contribution in [-0.4, -0.2) is 38.7 Å². The summed E-state index contributed by atoms with van der Waals surface area (Å²) in [6.07, 6.45) is 6.32. The normalized spacial score (nSPS) is 21.7.